The van der Waals surface area contributed by atoms with Crippen molar-refractivity contribution in [2.75, 3.05) is 6.54 Å². The number of halogens is 1. The molecule has 1 N–H and O–H groups in total. The maximum Gasteiger partial charge on any atom is 0.230 e. The second-order valence-electron chi connectivity index (χ2n) is 6.37. The molecule has 1 aliphatic heterocycles. The Labute approximate surface area is 135 Å². The SMILES string of the molecule is Cc1n[nH]c(C)c1[C@H](C)C(=O)N1CCc2cc(F)ccc2[C@H]1C. The third-order valence-corrected chi connectivity index (χ3v) is 4.92. The van der Waals surface area contributed by atoms with Gasteiger partial charge in [0.15, 0.2) is 0 Å². The van der Waals surface area contributed by atoms with Crippen LogP contribution in [-0.4, -0.2) is 27.5 Å². The van der Waals surface area contributed by atoms with Gasteiger partial charge in [-0.3, -0.25) is 9.89 Å². The lowest BCUT2D eigenvalue weighted by atomic mass is 9.90. The third-order valence-electron chi connectivity index (χ3n) is 4.92. The van der Waals surface area contributed by atoms with Gasteiger partial charge < -0.3 is 4.90 Å². The zero-order valence-corrected chi connectivity index (χ0v) is 14.0. The molecular formula is C18H22FN3O. The molecule has 0 saturated heterocycles. The Hall–Kier alpha value is -2.17. The molecule has 1 amide bonds. The van der Waals surface area contributed by atoms with Gasteiger partial charge in [0.2, 0.25) is 5.91 Å². The molecule has 2 atom stereocenters. The monoisotopic (exact) mass is 315 g/mol. The van der Waals surface area contributed by atoms with E-state index in [0.717, 1.165) is 28.1 Å². The van der Waals surface area contributed by atoms with E-state index in [2.05, 4.69) is 10.2 Å². The molecule has 2 heterocycles. The summed E-state index contributed by atoms with van der Waals surface area (Å²) in [5.74, 6) is -0.355. The van der Waals surface area contributed by atoms with Gasteiger partial charge in [0, 0.05) is 17.8 Å². The lowest BCUT2D eigenvalue weighted by Gasteiger charge is -2.37. The first-order chi connectivity index (χ1) is 10.9. The van der Waals surface area contributed by atoms with E-state index < -0.39 is 0 Å². The van der Waals surface area contributed by atoms with Crippen LogP contribution in [-0.2, 0) is 11.2 Å². The van der Waals surface area contributed by atoms with Crippen molar-refractivity contribution in [1.82, 2.24) is 15.1 Å². The van der Waals surface area contributed by atoms with Crippen molar-refractivity contribution in [3.05, 3.63) is 52.1 Å². The molecule has 0 spiro atoms. The number of fused-ring (bicyclic) bond motifs is 1. The molecule has 1 aromatic heterocycles. The van der Waals surface area contributed by atoms with E-state index in [1.54, 1.807) is 12.1 Å². The van der Waals surface area contributed by atoms with Crippen LogP contribution in [0.3, 0.4) is 0 Å². The largest absolute Gasteiger partial charge is 0.335 e. The minimum Gasteiger partial charge on any atom is -0.335 e. The molecule has 1 aromatic carbocycles. The van der Waals surface area contributed by atoms with Gasteiger partial charge in [-0.2, -0.15) is 5.10 Å². The standard InChI is InChI=1S/C18H22FN3O/c1-10(17-11(2)20-21-12(17)3)18(23)22-8-7-14-9-15(19)5-6-16(14)13(22)4/h5-6,9-10,13H,7-8H2,1-4H3,(H,20,21)/t10-,13+/m0/s1. The predicted molar refractivity (Wildman–Crippen MR) is 86.7 cm³/mol. The van der Waals surface area contributed by atoms with Gasteiger partial charge in [-0.1, -0.05) is 6.07 Å². The maximum absolute atomic E-state index is 13.4. The smallest absolute Gasteiger partial charge is 0.230 e. The summed E-state index contributed by atoms with van der Waals surface area (Å²) in [6, 6.07) is 4.81. The molecule has 0 saturated carbocycles. The summed E-state index contributed by atoms with van der Waals surface area (Å²) in [5.41, 5.74) is 4.83. The first-order valence-corrected chi connectivity index (χ1v) is 8.00. The molecule has 0 unspecified atom stereocenters. The fourth-order valence-corrected chi connectivity index (χ4v) is 3.67. The highest BCUT2D eigenvalue weighted by atomic mass is 19.1. The number of nitrogens with zero attached hydrogens (tertiary/aromatic N) is 2. The molecule has 23 heavy (non-hydrogen) atoms. The Balaban J connectivity index is 1.88. The van der Waals surface area contributed by atoms with Crippen LogP contribution in [0.4, 0.5) is 4.39 Å². The fourth-order valence-electron chi connectivity index (χ4n) is 3.67. The van der Waals surface area contributed by atoms with E-state index >= 15 is 0 Å². The van der Waals surface area contributed by atoms with Crippen LogP contribution in [0, 0.1) is 19.7 Å². The summed E-state index contributed by atoms with van der Waals surface area (Å²) in [5, 5.41) is 7.14. The second kappa shape index (κ2) is 5.80. The van der Waals surface area contributed by atoms with E-state index in [1.807, 2.05) is 32.6 Å². The summed E-state index contributed by atoms with van der Waals surface area (Å²) in [7, 11) is 0. The number of hydrogen-bond donors (Lipinski definition) is 1. The number of aromatic amines is 1. The number of aryl methyl sites for hydroxylation is 2. The Kier molecular flexibility index (Phi) is 3.96. The summed E-state index contributed by atoms with van der Waals surface area (Å²) in [6.45, 7) is 8.42. The molecule has 0 aliphatic carbocycles. The van der Waals surface area contributed by atoms with Gasteiger partial charge in [0.05, 0.1) is 17.7 Å². The number of H-pyrrole nitrogens is 1. The zero-order chi connectivity index (χ0) is 16.7. The number of benzene rings is 1. The number of aromatic nitrogens is 2. The van der Waals surface area contributed by atoms with E-state index in [1.165, 1.54) is 6.07 Å². The topological polar surface area (TPSA) is 49.0 Å². The van der Waals surface area contributed by atoms with Gasteiger partial charge in [-0.05, 0) is 57.4 Å². The Bertz CT molecular complexity index is 733. The quantitative estimate of drug-likeness (QED) is 0.923. The highest BCUT2D eigenvalue weighted by Crippen LogP contribution is 2.33. The van der Waals surface area contributed by atoms with Crippen molar-refractivity contribution < 1.29 is 9.18 Å². The maximum atomic E-state index is 13.4. The molecule has 2 aromatic rings. The fraction of sp³-hybridized carbons (Fsp3) is 0.444. The molecular weight excluding hydrogens is 293 g/mol. The molecule has 1 aliphatic rings. The van der Waals surface area contributed by atoms with Crippen molar-refractivity contribution in [1.29, 1.82) is 0 Å². The predicted octanol–water partition coefficient (Wildman–Crippen LogP) is 3.42. The van der Waals surface area contributed by atoms with Gasteiger partial charge in [0.1, 0.15) is 5.82 Å². The zero-order valence-electron chi connectivity index (χ0n) is 14.0. The Morgan fingerprint density at radius 2 is 2.17 bits per heavy atom. The van der Waals surface area contributed by atoms with Gasteiger partial charge in [-0.25, -0.2) is 4.39 Å². The van der Waals surface area contributed by atoms with Crippen molar-refractivity contribution in [3.63, 3.8) is 0 Å². The number of hydrogen-bond acceptors (Lipinski definition) is 2. The summed E-state index contributed by atoms with van der Waals surface area (Å²) < 4.78 is 13.4. The van der Waals surface area contributed by atoms with Crippen LogP contribution in [0.2, 0.25) is 0 Å². The van der Waals surface area contributed by atoms with E-state index in [-0.39, 0.29) is 23.7 Å². The molecule has 5 heteroatoms. The molecule has 0 bridgehead atoms. The summed E-state index contributed by atoms with van der Waals surface area (Å²) in [6.07, 6.45) is 0.694. The van der Waals surface area contributed by atoms with Crippen molar-refractivity contribution >= 4 is 5.91 Å². The summed E-state index contributed by atoms with van der Waals surface area (Å²) >= 11 is 0. The van der Waals surface area contributed by atoms with Gasteiger partial charge in [0.25, 0.3) is 0 Å². The first kappa shape index (κ1) is 15.7. The van der Waals surface area contributed by atoms with Crippen LogP contribution in [0.15, 0.2) is 18.2 Å². The van der Waals surface area contributed by atoms with Gasteiger partial charge >= 0.3 is 0 Å². The molecule has 0 radical (unpaired) electrons. The lowest BCUT2D eigenvalue weighted by Crippen LogP contribution is -2.41. The number of carbonyl (C=O) groups is 1. The average Bonchev–Trinajstić information content (AvgIpc) is 2.85. The van der Waals surface area contributed by atoms with Crippen LogP contribution >= 0.6 is 0 Å². The van der Waals surface area contributed by atoms with Crippen LogP contribution < -0.4 is 0 Å². The minimum atomic E-state index is -0.238. The molecule has 122 valence electrons. The second-order valence-corrected chi connectivity index (χ2v) is 6.37. The first-order valence-electron chi connectivity index (χ1n) is 8.00. The Morgan fingerprint density at radius 1 is 1.43 bits per heavy atom. The molecule has 4 nitrogen and oxygen atoms in total. The van der Waals surface area contributed by atoms with Gasteiger partial charge in [-0.15, -0.1) is 0 Å². The minimum absolute atomic E-state index is 0.0400. The number of carbonyl (C=O) groups excluding carboxylic acids is 1. The van der Waals surface area contributed by atoms with E-state index in [4.69, 9.17) is 0 Å². The van der Waals surface area contributed by atoms with Crippen LogP contribution in [0.1, 0.15) is 53.9 Å². The third kappa shape index (κ3) is 2.64. The van der Waals surface area contributed by atoms with Crippen molar-refractivity contribution in [3.8, 4) is 0 Å². The summed E-state index contributed by atoms with van der Waals surface area (Å²) in [4.78, 5) is 14.9. The van der Waals surface area contributed by atoms with E-state index in [9.17, 15) is 9.18 Å². The van der Waals surface area contributed by atoms with Crippen molar-refractivity contribution in [2.24, 2.45) is 0 Å². The number of rotatable bonds is 2. The van der Waals surface area contributed by atoms with Crippen LogP contribution in [0.5, 0.6) is 0 Å². The van der Waals surface area contributed by atoms with Crippen molar-refractivity contribution in [2.45, 2.75) is 46.1 Å². The Morgan fingerprint density at radius 3 is 2.83 bits per heavy atom. The highest BCUT2D eigenvalue weighted by Gasteiger charge is 2.32. The lowest BCUT2D eigenvalue weighted by molar-refractivity contribution is -0.135. The number of nitrogens with one attached hydrogen (secondary N) is 1. The molecule has 3 rings (SSSR count). The highest BCUT2D eigenvalue weighted by molar-refractivity contribution is 5.84. The molecule has 0 fully saturated rings. The number of amides is 1. The normalized spacial score (nSPS) is 18.7. The average molecular weight is 315 g/mol. The van der Waals surface area contributed by atoms with E-state index in [0.29, 0.717) is 13.0 Å². The van der Waals surface area contributed by atoms with Crippen LogP contribution in [0.25, 0.3) is 0 Å².